The summed E-state index contributed by atoms with van der Waals surface area (Å²) in [6.45, 7) is 14.5. The van der Waals surface area contributed by atoms with Crippen molar-refractivity contribution >= 4 is 22.8 Å². The number of nitrogens with one attached hydrogen (secondary N) is 1. The predicted molar refractivity (Wildman–Crippen MR) is 151 cm³/mol. The first-order chi connectivity index (χ1) is 18.0. The van der Waals surface area contributed by atoms with Crippen LogP contribution in [-0.4, -0.2) is 87.4 Å². The first-order valence-electron chi connectivity index (χ1n) is 15.2. The summed E-state index contributed by atoms with van der Waals surface area (Å²) in [6.07, 6.45) is 15.5. The second-order valence-corrected chi connectivity index (χ2v) is 13.1. The summed E-state index contributed by atoms with van der Waals surface area (Å²) in [7, 11) is 0. The number of fused-ring (bicyclic) bond motifs is 1. The lowest BCUT2D eigenvalue weighted by Gasteiger charge is -2.41. The van der Waals surface area contributed by atoms with Gasteiger partial charge in [-0.05, 0) is 84.7 Å². The maximum Gasteiger partial charge on any atom is 0.229 e. The lowest BCUT2D eigenvalue weighted by Crippen LogP contribution is -2.45. The van der Waals surface area contributed by atoms with Gasteiger partial charge in [-0.3, -0.25) is 4.90 Å². The van der Waals surface area contributed by atoms with Crippen LogP contribution in [0.4, 0.5) is 11.8 Å². The molecular formula is C29H48N8. The second kappa shape index (κ2) is 10.7. The third-order valence-electron chi connectivity index (χ3n) is 9.50. The molecular weight excluding hydrogens is 460 g/mol. The van der Waals surface area contributed by atoms with E-state index in [1.54, 1.807) is 0 Å². The van der Waals surface area contributed by atoms with Gasteiger partial charge in [0.05, 0.1) is 17.1 Å². The zero-order valence-electron chi connectivity index (χ0n) is 23.5. The molecule has 0 bridgehead atoms. The highest BCUT2D eigenvalue weighted by Gasteiger charge is 2.30. The number of anilines is 2. The highest BCUT2D eigenvalue weighted by molar-refractivity contribution is 5.87. The molecule has 2 saturated carbocycles. The molecule has 0 spiro atoms. The molecule has 8 heteroatoms. The van der Waals surface area contributed by atoms with Gasteiger partial charge < -0.3 is 15.1 Å². The van der Waals surface area contributed by atoms with Crippen molar-refractivity contribution in [2.45, 2.75) is 103 Å². The van der Waals surface area contributed by atoms with Gasteiger partial charge in [-0.1, -0.05) is 19.3 Å². The number of rotatable bonds is 6. The van der Waals surface area contributed by atoms with E-state index in [9.17, 15) is 0 Å². The maximum absolute atomic E-state index is 5.16. The molecule has 4 fully saturated rings. The Morgan fingerprint density at radius 2 is 1.49 bits per heavy atom. The van der Waals surface area contributed by atoms with Crippen LogP contribution in [0.5, 0.6) is 0 Å². The largest absolute Gasteiger partial charge is 0.369 e. The lowest BCUT2D eigenvalue weighted by atomic mass is 9.88. The third kappa shape index (κ3) is 5.47. The van der Waals surface area contributed by atoms with Gasteiger partial charge in [0, 0.05) is 44.8 Å². The second-order valence-electron chi connectivity index (χ2n) is 13.1. The van der Waals surface area contributed by atoms with Gasteiger partial charge in [0.2, 0.25) is 5.95 Å². The van der Waals surface area contributed by atoms with Crippen molar-refractivity contribution < 1.29 is 0 Å². The van der Waals surface area contributed by atoms with E-state index in [4.69, 9.17) is 15.1 Å². The lowest BCUT2D eigenvalue weighted by molar-refractivity contribution is 0.0871. The summed E-state index contributed by atoms with van der Waals surface area (Å²) in [5.74, 6) is 2.54. The maximum atomic E-state index is 5.16. The van der Waals surface area contributed by atoms with E-state index in [2.05, 4.69) is 45.5 Å². The molecule has 0 unspecified atom stereocenters. The molecule has 1 N–H and O–H groups in total. The van der Waals surface area contributed by atoms with E-state index in [1.165, 1.54) is 83.8 Å². The Morgan fingerprint density at radius 3 is 2.16 bits per heavy atom. The van der Waals surface area contributed by atoms with E-state index in [0.717, 1.165) is 61.1 Å². The molecule has 4 heterocycles. The average molecular weight is 509 g/mol. The summed E-state index contributed by atoms with van der Waals surface area (Å²) in [4.78, 5) is 18.2. The van der Waals surface area contributed by atoms with Crippen LogP contribution in [0.25, 0.3) is 11.0 Å². The molecule has 8 nitrogen and oxygen atoms in total. The summed E-state index contributed by atoms with van der Waals surface area (Å²) in [6, 6.07) is 1.66. The first kappa shape index (κ1) is 25.4. The van der Waals surface area contributed by atoms with Crippen LogP contribution in [0, 0.1) is 5.92 Å². The number of nitrogens with zero attached hydrogens (tertiary/aromatic N) is 7. The third-order valence-corrected chi connectivity index (χ3v) is 9.50. The van der Waals surface area contributed by atoms with Crippen molar-refractivity contribution in [2.75, 3.05) is 56.0 Å². The van der Waals surface area contributed by atoms with E-state index in [1.807, 2.05) is 6.20 Å². The minimum atomic E-state index is -0.128. The molecule has 0 atom stereocenters. The van der Waals surface area contributed by atoms with Crippen LogP contribution in [0.1, 0.15) is 85.0 Å². The Kier molecular flexibility index (Phi) is 7.32. The highest BCUT2D eigenvalue weighted by Crippen LogP contribution is 2.31. The smallest absolute Gasteiger partial charge is 0.229 e. The van der Waals surface area contributed by atoms with Crippen LogP contribution in [-0.2, 0) is 5.54 Å². The minimum absolute atomic E-state index is 0.128. The topological polar surface area (TPSA) is 65.4 Å². The molecule has 2 aromatic rings. The number of aromatic nitrogens is 4. The molecule has 4 aliphatic rings. The monoisotopic (exact) mass is 508 g/mol. The van der Waals surface area contributed by atoms with E-state index >= 15 is 0 Å². The van der Waals surface area contributed by atoms with Gasteiger partial charge in [-0.25, -0.2) is 4.68 Å². The Balaban J connectivity index is 1.19. The van der Waals surface area contributed by atoms with Crippen LogP contribution >= 0.6 is 0 Å². The Bertz CT molecular complexity index is 1040. The van der Waals surface area contributed by atoms with E-state index in [0.29, 0.717) is 5.92 Å². The molecule has 2 aliphatic carbocycles. The van der Waals surface area contributed by atoms with E-state index in [-0.39, 0.29) is 5.54 Å². The van der Waals surface area contributed by atoms with Gasteiger partial charge in [0.25, 0.3) is 0 Å². The van der Waals surface area contributed by atoms with Crippen molar-refractivity contribution in [3.63, 3.8) is 0 Å². The molecule has 37 heavy (non-hydrogen) atoms. The van der Waals surface area contributed by atoms with Crippen molar-refractivity contribution in [3.05, 3.63) is 6.20 Å². The van der Waals surface area contributed by atoms with Crippen LogP contribution in [0.2, 0.25) is 0 Å². The summed E-state index contributed by atoms with van der Waals surface area (Å²) in [5, 5.41) is 9.61. The summed E-state index contributed by atoms with van der Waals surface area (Å²) >= 11 is 0. The molecule has 2 aromatic heterocycles. The van der Waals surface area contributed by atoms with Crippen molar-refractivity contribution in [2.24, 2.45) is 5.92 Å². The predicted octanol–water partition coefficient (Wildman–Crippen LogP) is 4.71. The molecule has 0 aromatic carbocycles. The van der Waals surface area contributed by atoms with Crippen molar-refractivity contribution in [1.82, 2.24) is 29.5 Å². The van der Waals surface area contributed by atoms with Crippen molar-refractivity contribution in [1.29, 1.82) is 0 Å². The van der Waals surface area contributed by atoms with Crippen molar-refractivity contribution in [3.8, 4) is 0 Å². The van der Waals surface area contributed by atoms with Gasteiger partial charge >= 0.3 is 0 Å². The Morgan fingerprint density at radius 1 is 0.784 bits per heavy atom. The fourth-order valence-electron chi connectivity index (χ4n) is 6.95. The summed E-state index contributed by atoms with van der Waals surface area (Å²) in [5.41, 5.74) is 0.827. The molecule has 2 saturated heterocycles. The van der Waals surface area contributed by atoms with Gasteiger partial charge in [-0.15, -0.1) is 0 Å². The van der Waals surface area contributed by atoms with Crippen LogP contribution in [0.3, 0.4) is 0 Å². The number of hydrogen-bond donors (Lipinski definition) is 1. The standard InChI is InChI=1S/C29H48N8/c1-29(2,3)37-27-25(21-31-37)26(30-20-22-12-16-35(17-13-22)24-10-6-11-24)32-28(33-27)36-15-7-14-34(18-19-36)23-8-4-5-9-23/h21-24H,4-20H2,1-3H3,(H,30,32,33). The highest BCUT2D eigenvalue weighted by atomic mass is 15.4. The van der Waals surface area contributed by atoms with E-state index < -0.39 is 0 Å². The SMILES string of the molecule is CC(C)(C)n1ncc2c(NCC3CCN(C4CCC4)CC3)nc(N3CCCN(C4CCCC4)CC3)nc21. The van der Waals surface area contributed by atoms with Gasteiger partial charge in [0.15, 0.2) is 5.65 Å². The number of hydrogen-bond acceptors (Lipinski definition) is 7. The number of piperidine rings is 1. The average Bonchev–Trinajstić information content (AvgIpc) is 3.48. The Labute approximate surface area is 223 Å². The van der Waals surface area contributed by atoms with Gasteiger partial charge in [0.1, 0.15) is 5.82 Å². The normalized spacial score (nSPS) is 24.0. The molecule has 204 valence electrons. The molecule has 0 radical (unpaired) electrons. The Hall–Kier alpha value is -1.93. The zero-order valence-corrected chi connectivity index (χ0v) is 23.5. The first-order valence-corrected chi connectivity index (χ1v) is 15.2. The number of likely N-dealkylation sites (tertiary alicyclic amines) is 1. The molecule has 2 aliphatic heterocycles. The summed E-state index contributed by atoms with van der Waals surface area (Å²) < 4.78 is 2.08. The molecule has 6 rings (SSSR count). The fraction of sp³-hybridized carbons (Fsp3) is 0.828. The zero-order chi connectivity index (χ0) is 25.4. The minimum Gasteiger partial charge on any atom is -0.369 e. The van der Waals surface area contributed by atoms with Gasteiger partial charge in [-0.2, -0.15) is 15.1 Å². The molecule has 0 amide bonds. The van der Waals surface area contributed by atoms with Crippen LogP contribution in [0.15, 0.2) is 6.20 Å². The fourth-order valence-corrected chi connectivity index (χ4v) is 6.95. The quantitative estimate of drug-likeness (QED) is 0.606. The van der Waals surface area contributed by atoms with Crippen LogP contribution < -0.4 is 10.2 Å².